The van der Waals surface area contributed by atoms with Crippen molar-refractivity contribution in [1.29, 1.82) is 0 Å². The minimum Gasteiger partial charge on any atom is -0.300 e. The van der Waals surface area contributed by atoms with Crippen molar-refractivity contribution in [3.8, 4) is 0 Å². The van der Waals surface area contributed by atoms with Crippen molar-refractivity contribution in [2.45, 2.75) is 19.9 Å². The number of hydrogen-bond donors (Lipinski definition) is 0. The summed E-state index contributed by atoms with van der Waals surface area (Å²) in [4.78, 5) is 14.7. The van der Waals surface area contributed by atoms with Gasteiger partial charge in [0, 0.05) is 21.7 Å². The maximum Gasteiger partial charge on any atom is 0.258 e. The number of aryl methyl sites for hydroxylation is 2. The van der Waals surface area contributed by atoms with E-state index in [9.17, 15) is 13.2 Å². The van der Waals surface area contributed by atoms with Crippen LogP contribution in [0, 0.1) is 13.8 Å². The van der Waals surface area contributed by atoms with E-state index in [2.05, 4.69) is 0 Å². The second-order valence-electron chi connectivity index (χ2n) is 6.18. The molecule has 0 aliphatic carbocycles. The number of sulfone groups is 1. The molecule has 1 aliphatic rings. The van der Waals surface area contributed by atoms with Crippen LogP contribution in [0.25, 0.3) is 0 Å². The first-order chi connectivity index (χ1) is 11.8. The second kappa shape index (κ2) is 6.65. The summed E-state index contributed by atoms with van der Waals surface area (Å²) in [5.41, 5.74) is 3.18. The van der Waals surface area contributed by atoms with Crippen LogP contribution in [0.2, 0.25) is 5.02 Å². The zero-order valence-corrected chi connectivity index (χ0v) is 15.5. The lowest BCUT2D eigenvalue weighted by Crippen LogP contribution is -2.41. The van der Waals surface area contributed by atoms with Gasteiger partial charge in [0.05, 0.1) is 11.8 Å². The number of carbonyl (C=O) groups is 1. The molecule has 2 aromatic carbocycles. The summed E-state index contributed by atoms with van der Waals surface area (Å²) < 4.78 is 23.7. The third-order valence-electron chi connectivity index (χ3n) is 4.30. The maximum atomic E-state index is 13.2. The van der Waals surface area contributed by atoms with E-state index in [1.54, 1.807) is 36.4 Å². The van der Waals surface area contributed by atoms with E-state index in [4.69, 9.17) is 11.6 Å². The first-order valence-corrected chi connectivity index (χ1v) is 9.93. The third kappa shape index (κ3) is 3.78. The average Bonchev–Trinajstić information content (AvgIpc) is 2.90. The zero-order valence-electron chi connectivity index (χ0n) is 13.9. The third-order valence-corrected chi connectivity index (χ3v) is 5.91. The lowest BCUT2D eigenvalue weighted by molar-refractivity contribution is 0.0983. The average molecular weight is 376 g/mol. The van der Waals surface area contributed by atoms with Gasteiger partial charge in [0.2, 0.25) is 0 Å². The Labute approximate surface area is 152 Å². The van der Waals surface area contributed by atoms with Crippen molar-refractivity contribution >= 4 is 33.0 Å². The van der Waals surface area contributed by atoms with Gasteiger partial charge in [-0.2, -0.15) is 0 Å². The van der Waals surface area contributed by atoms with E-state index in [0.29, 0.717) is 16.3 Å². The molecule has 0 spiro atoms. The summed E-state index contributed by atoms with van der Waals surface area (Å²) >= 11 is 6.07. The van der Waals surface area contributed by atoms with Gasteiger partial charge in [0.15, 0.2) is 9.84 Å². The van der Waals surface area contributed by atoms with E-state index < -0.39 is 15.9 Å². The Morgan fingerprint density at radius 1 is 1.12 bits per heavy atom. The van der Waals surface area contributed by atoms with Crippen molar-refractivity contribution in [3.05, 3.63) is 75.7 Å². The molecule has 0 bridgehead atoms. The standard InChI is InChI=1S/C19H18ClNO3S/c1-13-6-7-15(10-14(13)2)19(22)21(17-5-3-4-16(20)11-17)18-8-9-25(23,24)12-18/h3-11,18H,12H2,1-2H3/t18-/m1/s1. The summed E-state index contributed by atoms with van der Waals surface area (Å²) in [6.07, 6.45) is 1.55. The molecule has 0 N–H and O–H groups in total. The fourth-order valence-electron chi connectivity index (χ4n) is 2.82. The van der Waals surface area contributed by atoms with Crippen molar-refractivity contribution in [1.82, 2.24) is 0 Å². The van der Waals surface area contributed by atoms with E-state index >= 15 is 0 Å². The van der Waals surface area contributed by atoms with Gasteiger partial charge in [0.25, 0.3) is 5.91 Å². The number of hydrogen-bond acceptors (Lipinski definition) is 3. The fourth-order valence-corrected chi connectivity index (χ4v) is 4.27. The Morgan fingerprint density at radius 2 is 1.88 bits per heavy atom. The Bertz CT molecular complexity index is 966. The highest BCUT2D eigenvalue weighted by molar-refractivity contribution is 7.94. The Hall–Kier alpha value is -2.11. The largest absolute Gasteiger partial charge is 0.300 e. The van der Waals surface area contributed by atoms with Gasteiger partial charge in [-0.1, -0.05) is 23.7 Å². The molecule has 1 heterocycles. The van der Waals surface area contributed by atoms with Crippen LogP contribution in [-0.2, 0) is 9.84 Å². The molecule has 6 heteroatoms. The van der Waals surface area contributed by atoms with Crippen LogP contribution >= 0.6 is 11.6 Å². The predicted octanol–water partition coefficient (Wildman–Crippen LogP) is 3.91. The second-order valence-corrected chi connectivity index (χ2v) is 8.55. The monoisotopic (exact) mass is 375 g/mol. The number of rotatable bonds is 3. The molecule has 0 radical (unpaired) electrons. The predicted molar refractivity (Wildman–Crippen MR) is 101 cm³/mol. The molecular weight excluding hydrogens is 358 g/mol. The lowest BCUT2D eigenvalue weighted by Gasteiger charge is -2.28. The smallest absolute Gasteiger partial charge is 0.258 e. The number of carbonyl (C=O) groups excluding carboxylic acids is 1. The summed E-state index contributed by atoms with van der Waals surface area (Å²) in [5, 5.41) is 1.66. The van der Waals surface area contributed by atoms with Crippen molar-refractivity contribution in [2.75, 3.05) is 10.7 Å². The molecule has 0 fully saturated rings. The highest BCUT2D eigenvalue weighted by atomic mass is 35.5. The van der Waals surface area contributed by atoms with E-state index in [1.165, 1.54) is 10.3 Å². The first kappa shape index (κ1) is 17.7. The van der Waals surface area contributed by atoms with Gasteiger partial charge in [-0.3, -0.25) is 4.79 Å². The van der Waals surface area contributed by atoms with Gasteiger partial charge >= 0.3 is 0 Å². The van der Waals surface area contributed by atoms with Crippen LogP contribution in [0.5, 0.6) is 0 Å². The minimum absolute atomic E-state index is 0.129. The molecule has 25 heavy (non-hydrogen) atoms. The molecular formula is C19H18ClNO3S. The number of anilines is 1. The number of amides is 1. The van der Waals surface area contributed by atoms with Crippen LogP contribution in [0.15, 0.2) is 53.9 Å². The molecule has 1 amide bonds. The van der Waals surface area contributed by atoms with Gasteiger partial charge in [-0.25, -0.2) is 8.42 Å². The van der Waals surface area contributed by atoms with E-state index in [0.717, 1.165) is 11.1 Å². The molecule has 0 saturated heterocycles. The molecule has 4 nitrogen and oxygen atoms in total. The normalized spacial score (nSPS) is 18.3. The van der Waals surface area contributed by atoms with Crippen LogP contribution in [-0.4, -0.2) is 26.1 Å². The molecule has 1 atom stereocenters. The highest BCUT2D eigenvalue weighted by Crippen LogP contribution is 2.27. The van der Waals surface area contributed by atoms with Crippen LogP contribution < -0.4 is 4.90 Å². The first-order valence-electron chi connectivity index (χ1n) is 7.84. The van der Waals surface area contributed by atoms with Crippen molar-refractivity contribution in [2.24, 2.45) is 0 Å². The molecule has 3 rings (SSSR count). The summed E-state index contributed by atoms with van der Waals surface area (Å²) in [5.74, 6) is -0.382. The lowest BCUT2D eigenvalue weighted by atomic mass is 10.0. The van der Waals surface area contributed by atoms with Gasteiger partial charge in [-0.15, -0.1) is 0 Å². The number of benzene rings is 2. The zero-order chi connectivity index (χ0) is 18.2. The molecule has 2 aromatic rings. The Kier molecular flexibility index (Phi) is 4.71. The van der Waals surface area contributed by atoms with Gasteiger partial charge < -0.3 is 4.90 Å². The van der Waals surface area contributed by atoms with Crippen molar-refractivity contribution < 1.29 is 13.2 Å². The highest BCUT2D eigenvalue weighted by Gasteiger charge is 2.32. The number of nitrogens with zero attached hydrogens (tertiary/aromatic N) is 1. The summed E-state index contributed by atoms with van der Waals surface area (Å²) in [7, 11) is -3.30. The topological polar surface area (TPSA) is 54.5 Å². The Balaban J connectivity index is 2.06. The SMILES string of the molecule is Cc1ccc(C(=O)N(c2cccc(Cl)c2)[C@@H]2C=CS(=O)(=O)C2)cc1C. The van der Waals surface area contributed by atoms with Gasteiger partial charge in [-0.05, 0) is 61.4 Å². The molecule has 130 valence electrons. The maximum absolute atomic E-state index is 13.2. The molecule has 1 aliphatic heterocycles. The van der Waals surface area contributed by atoms with E-state index in [1.807, 2.05) is 26.0 Å². The minimum atomic E-state index is -3.30. The van der Waals surface area contributed by atoms with Gasteiger partial charge in [0.1, 0.15) is 0 Å². The molecule has 0 saturated carbocycles. The van der Waals surface area contributed by atoms with Crippen molar-refractivity contribution in [3.63, 3.8) is 0 Å². The molecule has 0 aromatic heterocycles. The summed E-state index contributed by atoms with van der Waals surface area (Å²) in [6.45, 7) is 3.92. The summed E-state index contributed by atoms with van der Waals surface area (Å²) in [6, 6.07) is 11.8. The fraction of sp³-hybridized carbons (Fsp3) is 0.211. The number of halogens is 1. The van der Waals surface area contributed by atoms with Crippen LogP contribution in [0.4, 0.5) is 5.69 Å². The van der Waals surface area contributed by atoms with E-state index in [-0.39, 0.29) is 11.7 Å². The Morgan fingerprint density at radius 3 is 2.48 bits per heavy atom. The van der Waals surface area contributed by atoms with Crippen LogP contribution in [0.3, 0.4) is 0 Å². The molecule has 0 unspecified atom stereocenters. The van der Waals surface area contributed by atoms with Crippen LogP contribution in [0.1, 0.15) is 21.5 Å². The quantitative estimate of drug-likeness (QED) is 0.817.